The summed E-state index contributed by atoms with van der Waals surface area (Å²) in [7, 11) is 0. The average molecular weight is 346 g/mol. The minimum absolute atomic E-state index is 0.0413. The summed E-state index contributed by atoms with van der Waals surface area (Å²) in [6.45, 7) is 2.80. The molecule has 2 amide bonds. The number of nitrogens with zero attached hydrogens (tertiary/aromatic N) is 3. The summed E-state index contributed by atoms with van der Waals surface area (Å²) in [6.07, 6.45) is 2.25. The summed E-state index contributed by atoms with van der Waals surface area (Å²) in [6, 6.07) is 5.26. The first-order chi connectivity index (χ1) is 12.1. The molecule has 0 radical (unpaired) electrons. The molecule has 3 rings (SSSR count). The Morgan fingerprint density at radius 1 is 1.36 bits per heavy atom. The van der Waals surface area contributed by atoms with E-state index >= 15 is 0 Å². The number of carbonyl (C=O) groups excluding carboxylic acids is 2. The molecule has 1 aliphatic rings. The van der Waals surface area contributed by atoms with Gasteiger partial charge < -0.3 is 14.7 Å². The number of halogens is 1. The van der Waals surface area contributed by atoms with E-state index in [1.54, 1.807) is 0 Å². The second kappa shape index (κ2) is 7.42. The predicted octanol–water partition coefficient (Wildman–Crippen LogP) is 2.12. The molecule has 0 bridgehead atoms. The summed E-state index contributed by atoms with van der Waals surface area (Å²) in [5, 5.41) is 6.45. The molecule has 132 valence electrons. The third kappa shape index (κ3) is 4.01. The number of nitrogens with one attached hydrogen (secondary N) is 1. The highest BCUT2D eigenvalue weighted by Gasteiger charge is 2.30. The van der Waals surface area contributed by atoms with Gasteiger partial charge in [-0.15, -0.1) is 0 Å². The lowest BCUT2D eigenvalue weighted by molar-refractivity contribution is -0.144. The van der Waals surface area contributed by atoms with Crippen molar-refractivity contribution < 1.29 is 18.5 Å². The van der Waals surface area contributed by atoms with Gasteiger partial charge in [-0.25, -0.2) is 4.39 Å². The van der Waals surface area contributed by atoms with Crippen molar-refractivity contribution in [3.05, 3.63) is 41.8 Å². The van der Waals surface area contributed by atoms with Gasteiger partial charge in [-0.2, -0.15) is 4.98 Å². The van der Waals surface area contributed by atoms with Crippen molar-refractivity contribution in [3.8, 4) is 0 Å². The number of aryl methyl sites for hydroxylation is 1. The second-order valence-corrected chi connectivity index (χ2v) is 5.95. The second-order valence-electron chi connectivity index (χ2n) is 5.95. The molecular formula is C17H19FN4O3. The predicted molar refractivity (Wildman–Crippen MR) is 87.3 cm³/mol. The van der Waals surface area contributed by atoms with Crippen LogP contribution in [0.3, 0.4) is 0 Å². The summed E-state index contributed by atoms with van der Waals surface area (Å²) in [4.78, 5) is 30.3. The van der Waals surface area contributed by atoms with Gasteiger partial charge in [0, 0.05) is 31.1 Å². The standard InChI is InChI=1S/C17H19FN4O3/c1-2-14-20-15(21-25-14)11-4-3-9-22(10-11)17(24)16(23)19-13-7-5-12(18)6-8-13/h5-8,11H,2-4,9-10H2,1H3,(H,19,23)/t11-/m0/s1. The van der Waals surface area contributed by atoms with Gasteiger partial charge in [-0.1, -0.05) is 12.1 Å². The van der Waals surface area contributed by atoms with E-state index in [1.807, 2.05) is 6.92 Å². The summed E-state index contributed by atoms with van der Waals surface area (Å²) >= 11 is 0. The highest BCUT2D eigenvalue weighted by atomic mass is 19.1. The Hall–Kier alpha value is -2.77. The molecule has 2 aromatic rings. The van der Waals surface area contributed by atoms with Crippen LogP contribution in [0.2, 0.25) is 0 Å². The number of hydrogen-bond donors (Lipinski definition) is 1. The number of hydrogen-bond acceptors (Lipinski definition) is 5. The van der Waals surface area contributed by atoms with Crippen LogP contribution >= 0.6 is 0 Å². The molecule has 0 aliphatic carbocycles. The molecule has 0 saturated carbocycles. The van der Waals surface area contributed by atoms with Crippen LogP contribution in [-0.2, 0) is 16.0 Å². The van der Waals surface area contributed by atoms with Crippen LogP contribution in [0.1, 0.15) is 37.4 Å². The third-order valence-corrected chi connectivity index (χ3v) is 4.16. The molecule has 0 spiro atoms. The van der Waals surface area contributed by atoms with Crippen molar-refractivity contribution in [2.45, 2.75) is 32.1 Å². The molecular weight excluding hydrogens is 327 g/mol. The Labute approximate surface area is 144 Å². The molecule has 1 aromatic carbocycles. The number of benzene rings is 1. The van der Waals surface area contributed by atoms with Crippen LogP contribution in [0.5, 0.6) is 0 Å². The molecule has 7 nitrogen and oxygen atoms in total. The molecule has 1 saturated heterocycles. The normalized spacial score (nSPS) is 17.4. The third-order valence-electron chi connectivity index (χ3n) is 4.16. The number of rotatable bonds is 3. The fourth-order valence-corrected chi connectivity index (χ4v) is 2.81. The summed E-state index contributed by atoms with van der Waals surface area (Å²) in [5.41, 5.74) is 0.374. The van der Waals surface area contributed by atoms with Crippen molar-refractivity contribution in [3.63, 3.8) is 0 Å². The van der Waals surface area contributed by atoms with Gasteiger partial charge in [0.25, 0.3) is 0 Å². The number of anilines is 1. The average Bonchev–Trinajstić information content (AvgIpc) is 3.12. The Bertz CT molecular complexity index is 760. The van der Waals surface area contributed by atoms with E-state index in [-0.39, 0.29) is 5.92 Å². The molecule has 25 heavy (non-hydrogen) atoms. The van der Waals surface area contributed by atoms with E-state index in [1.165, 1.54) is 29.2 Å². The van der Waals surface area contributed by atoms with Gasteiger partial charge in [0.15, 0.2) is 5.82 Å². The number of amides is 2. The molecule has 2 heterocycles. The molecule has 1 aliphatic heterocycles. The molecule has 1 fully saturated rings. The van der Waals surface area contributed by atoms with E-state index in [2.05, 4.69) is 15.5 Å². The van der Waals surface area contributed by atoms with Crippen molar-refractivity contribution in [1.82, 2.24) is 15.0 Å². The largest absolute Gasteiger partial charge is 0.339 e. The van der Waals surface area contributed by atoms with E-state index in [4.69, 9.17) is 4.52 Å². The Kier molecular flexibility index (Phi) is 5.06. The maximum atomic E-state index is 12.9. The maximum absolute atomic E-state index is 12.9. The van der Waals surface area contributed by atoms with Crippen LogP contribution in [0.25, 0.3) is 0 Å². The minimum Gasteiger partial charge on any atom is -0.339 e. The van der Waals surface area contributed by atoms with Crippen LogP contribution in [0.15, 0.2) is 28.8 Å². The molecule has 0 unspecified atom stereocenters. The number of piperidine rings is 1. The van der Waals surface area contributed by atoms with Gasteiger partial charge in [0.1, 0.15) is 5.82 Å². The highest BCUT2D eigenvalue weighted by molar-refractivity contribution is 6.39. The van der Waals surface area contributed by atoms with Gasteiger partial charge in [0.2, 0.25) is 5.89 Å². The first-order valence-electron chi connectivity index (χ1n) is 8.25. The van der Waals surface area contributed by atoms with Gasteiger partial charge in [-0.3, -0.25) is 9.59 Å². The van der Waals surface area contributed by atoms with Crippen LogP contribution < -0.4 is 5.32 Å². The lowest BCUT2D eigenvalue weighted by atomic mass is 9.97. The fraction of sp³-hybridized carbons (Fsp3) is 0.412. The van der Waals surface area contributed by atoms with E-state index in [0.717, 1.165) is 12.8 Å². The first kappa shape index (κ1) is 17.1. The van der Waals surface area contributed by atoms with Crippen molar-refractivity contribution in [2.24, 2.45) is 0 Å². The minimum atomic E-state index is -0.741. The molecule has 1 atom stereocenters. The molecule has 1 aromatic heterocycles. The Morgan fingerprint density at radius 2 is 2.12 bits per heavy atom. The zero-order valence-electron chi connectivity index (χ0n) is 13.9. The lowest BCUT2D eigenvalue weighted by Crippen LogP contribution is -2.44. The Morgan fingerprint density at radius 3 is 2.80 bits per heavy atom. The topological polar surface area (TPSA) is 88.3 Å². The van der Waals surface area contributed by atoms with Crippen molar-refractivity contribution >= 4 is 17.5 Å². The number of likely N-dealkylation sites (tertiary alicyclic amines) is 1. The molecule has 8 heteroatoms. The lowest BCUT2D eigenvalue weighted by Gasteiger charge is -2.30. The van der Waals surface area contributed by atoms with Crippen LogP contribution in [0, 0.1) is 5.82 Å². The van der Waals surface area contributed by atoms with Gasteiger partial charge in [0.05, 0.1) is 0 Å². The molecule has 1 N–H and O–H groups in total. The smallest absolute Gasteiger partial charge is 0.313 e. The fourth-order valence-electron chi connectivity index (χ4n) is 2.81. The zero-order valence-corrected chi connectivity index (χ0v) is 13.9. The first-order valence-corrected chi connectivity index (χ1v) is 8.25. The van der Waals surface area contributed by atoms with E-state index < -0.39 is 17.6 Å². The van der Waals surface area contributed by atoms with Crippen molar-refractivity contribution in [2.75, 3.05) is 18.4 Å². The zero-order chi connectivity index (χ0) is 17.8. The number of carbonyl (C=O) groups is 2. The SMILES string of the molecule is CCc1nc([C@H]2CCCN(C(=O)C(=O)Nc3ccc(F)cc3)C2)no1. The highest BCUT2D eigenvalue weighted by Crippen LogP contribution is 2.25. The van der Waals surface area contributed by atoms with Crippen molar-refractivity contribution in [1.29, 1.82) is 0 Å². The van der Waals surface area contributed by atoms with Crippen LogP contribution in [-0.4, -0.2) is 39.9 Å². The summed E-state index contributed by atoms with van der Waals surface area (Å²) < 4.78 is 18.0. The number of aromatic nitrogens is 2. The Balaban J connectivity index is 1.62. The summed E-state index contributed by atoms with van der Waals surface area (Å²) in [5.74, 6) is -0.668. The maximum Gasteiger partial charge on any atom is 0.313 e. The quantitative estimate of drug-likeness (QED) is 0.860. The van der Waals surface area contributed by atoms with Gasteiger partial charge in [-0.05, 0) is 37.1 Å². The van der Waals surface area contributed by atoms with Crippen LogP contribution in [0.4, 0.5) is 10.1 Å². The van der Waals surface area contributed by atoms with E-state index in [0.29, 0.717) is 36.9 Å². The monoisotopic (exact) mass is 346 g/mol. The van der Waals surface area contributed by atoms with E-state index in [9.17, 15) is 14.0 Å². The van der Waals surface area contributed by atoms with Gasteiger partial charge >= 0.3 is 11.8 Å².